The molecule has 0 aliphatic heterocycles. The Morgan fingerprint density at radius 2 is 1.54 bits per heavy atom. The number of rotatable bonds is 5. The van der Waals surface area contributed by atoms with E-state index in [1.807, 2.05) is 18.2 Å². The molecule has 1 aromatic heterocycles. The third-order valence-electron chi connectivity index (χ3n) is 5.78. The maximum absolute atomic E-state index is 12.8. The molecule has 0 spiro atoms. The van der Waals surface area contributed by atoms with Gasteiger partial charge in [0.1, 0.15) is 0 Å². The molecule has 2 N–H and O–H groups in total. The minimum atomic E-state index is -3.77. The lowest BCUT2D eigenvalue weighted by Crippen LogP contribution is -2.14. The molecular weight excluding hydrogens is 502 g/mol. The van der Waals surface area contributed by atoms with Crippen molar-refractivity contribution in [1.29, 1.82) is 0 Å². The number of carbonyl (C=O) groups is 1. The zero-order valence-corrected chi connectivity index (χ0v) is 20.3. The third kappa shape index (κ3) is 3.85. The summed E-state index contributed by atoms with van der Waals surface area (Å²) in [7, 11) is -3.77. The predicted octanol–water partition coefficient (Wildman–Crippen LogP) is 6.65. The standard InChI is InChI=1S/C26H16ClN3O3S2/c27-17-9-13-19(14-10-17)35(32,33)30-18-11-7-16(8-12-18)25(31)29-26-28-23-20-5-1-3-15-4-2-6-21(22(15)20)24(23)34-26/h1-14,30H,(H,28,29,31). The maximum Gasteiger partial charge on any atom is 0.261 e. The van der Waals surface area contributed by atoms with Gasteiger partial charge in [-0.1, -0.05) is 59.3 Å². The lowest BCUT2D eigenvalue weighted by molar-refractivity contribution is 0.102. The van der Waals surface area contributed by atoms with Gasteiger partial charge in [-0.3, -0.25) is 14.8 Å². The van der Waals surface area contributed by atoms with Gasteiger partial charge in [0.25, 0.3) is 15.9 Å². The summed E-state index contributed by atoms with van der Waals surface area (Å²) >= 11 is 7.27. The molecule has 0 radical (unpaired) electrons. The van der Waals surface area contributed by atoms with Crippen molar-refractivity contribution in [3.05, 3.63) is 95.5 Å². The first kappa shape index (κ1) is 21.8. The van der Waals surface area contributed by atoms with Gasteiger partial charge in [0.15, 0.2) is 5.13 Å². The molecule has 172 valence electrons. The van der Waals surface area contributed by atoms with E-state index in [4.69, 9.17) is 11.6 Å². The molecule has 0 fully saturated rings. The molecule has 6 nitrogen and oxygen atoms in total. The Balaban J connectivity index is 1.19. The van der Waals surface area contributed by atoms with Crippen LogP contribution in [0.5, 0.6) is 0 Å². The van der Waals surface area contributed by atoms with Crippen LogP contribution in [0.3, 0.4) is 0 Å². The molecule has 0 atom stereocenters. The lowest BCUT2D eigenvalue weighted by Gasteiger charge is -2.09. The van der Waals surface area contributed by atoms with Crippen molar-refractivity contribution < 1.29 is 13.2 Å². The van der Waals surface area contributed by atoms with Gasteiger partial charge in [-0.25, -0.2) is 13.4 Å². The number of anilines is 2. The average Bonchev–Trinajstić information content (AvgIpc) is 3.39. The molecule has 1 aliphatic rings. The van der Waals surface area contributed by atoms with Crippen LogP contribution in [0.1, 0.15) is 10.4 Å². The predicted molar refractivity (Wildman–Crippen MR) is 141 cm³/mol. The second-order valence-corrected chi connectivity index (χ2v) is 11.1. The molecule has 0 unspecified atom stereocenters. The number of halogens is 1. The zero-order chi connectivity index (χ0) is 24.2. The van der Waals surface area contributed by atoms with Crippen molar-refractivity contribution >= 4 is 60.5 Å². The highest BCUT2D eigenvalue weighted by Crippen LogP contribution is 2.50. The van der Waals surface area contributed by atoms with Gasteiger partial charge in [-0.05, 0) is 59.3 Å². The molecule has 35 heavy (non-hydrogen) atoms. The number of aromatic nitrogens is 1. The zero-order valence-electron chi connectivity index (χ0n) is 17.9. The summed E-state index contributed by atoms with van der Waals surface area (Å²) in [6.45, 7) is 0. The Kier molecular flexibility index (Phi) is 5.10. The summed E-state index contributed by atoms with van der Waals surface area (Å²) in [6, 6.07) is 24.4. The van der Waals surface area contributed by atoms with Crippen LogP contribution in [0.2, 0.25) is 5.02 Å². The second-order valence-electron chi connectivity index (χ2n) is 8.00. The van der Waals surface area contributed by atoms with Gasteiger partial charge < -0.3 is 0 Å². The fourth-order valence-electron chi connectivity index (χ4n) is 4.15. The summed E-state index contributed by atoms with van der Waals surface area (Å²) in [5.74, 6) is -0.323. The average molecular weight is 518 g/mol. The molecule has 0 saturated heterocycles. The molecule has 4 aromatic carbocycles. The SMILES string of the molecule is O=C(Nc1nc2c(s1)-c1cccc3cccc-2c13)c1ccc(NS(=O)(=O)c2ccc(Cl)cc2)cc1. The summed E-state index contributed by atoms with van der Waals surface area (Å²) < 4.78 is 27.6. The Labute approximate surface area is 210 Å². The minimum absolute atomic E-state index is 0.0952. The van der Waals surface area contributed by atoms with Crippen LogP contribution in [0.4, 0.5) is 10.8 Å². The molecule has 0 bridgehead atoms. The third-order valence-corrected chi connectivity index (χ3v) is 8.43. The first-order valence-corrected chi connectivity index (χ1v) is 13.3. The second kappa shape index (κ2) is 8.20. The van der Waals surface area contributed by atoms with Gasteiger partial charge in [-0.15, -0.1) is 0 Å². The normalized spacial score (nSPS) is 11.9. The van der Waals surface area contributed by atoms with Crippen molar-refractivity contribution in [3.63, 3.8) is 0 Å². The van der Waals surface area contributed by atoms with E-state index in [1.165, 1.54) is 46.4 Å². The first-order chi connectivity index (χ1) is 16.9. The molecule has 6 rings (SSSR count). The smallest absolute Gasteiger partial charge is 0.261 e. The Morgan fingerprint density at radius 1 is 0.857 bits per heavy atom. The van der Waals surface area contributed by atoms with E-state index in [0.29, 0.717) is 21.4 Å². The van der Waals surface area contributed by atoms with Gasteiger partial charge in [0.2, 0.25) is 0 Å². The number of sulfonamides is 1. The number of fused-ring (bicyclic) bond motifs is 3. The fraction of sp³-hybridized carbons (Fsp3) is 0. The van der Waals surface area contributed by atoms with Gasteiger partial charge in [0.05, 0.1) is 15.5 Å². The highest BCUT2D eigenvalue weighted by Gasteiger charge is 2.26. The number of amides is 1. The lowest BCUT2D eigenvalue weighted by atomic mass is 10.0. The number of nitrogens with one attached hydrogen (secondary N) is 2. The quantitative estimate of drug-likeness (QED) is 0.268. The van der Waals surface area contributed by atoms with Crippen LogP contribution in [0, 0.1) is 0 Å². The number of carbonyl (C=O) groups excluding carboxylic acids is 1. The largest absolute Gasteiger partial charge is 0.298 e. The maximum atomic E-state index is 12.8. The van der Waals surface area contributed by atoms with Crippen LogP contribution in [0.25, 0.3) is 32.5 Å². The van der Waals surface area contributed by atoms with E-state index in [0.717, 1.165) is 21.7 Å². The molecule has 1 amide bonds. The molecule has 0 saturated carbocycles. The number of hydrogen-bond donors (Lipinski definition) is 2. The van der Waals surface area contributed by atoms with Gasteiger partial charge in [0, 0.05) is 27.4 Å². The molecule has 1 heterocycles. The highest BCUT2D eigenvalue weighted by molar-refractivity contribution is 7.92. The van der Waals surface area contributed by atoms with Crippen molar-refractivity contribution in [2.75, 3.05) is 10.0 Å². The first-order valence-electron chi connectivity index (χ1n) is 10.6. The van der Waals surface area contributed by atoms with Crippen LogP contribution < -0.4 is 10.0 Å². The number of nitrogens with zero attached hydrogens (tertiary/aromatic N) is 1. The fourth-order valence-corrected chi connectivity index (χ4v) is 6.34. The van der Waals surface area contributed by atoms with E-state index in [1.54, 1.807) is 24.3 Å². The summed E-state index contributed by atoms with van der Waals surface area (Å²) in [6.07, 6.45) is 0. The van der Waals surface area contributed by atoms with Crippen molar-refractivity contribution in [2.45, 2.75) is 4.90 Å². The Bertz CT molecular complexity index is 1670. The van der Waals surface area contributed by atoms with Crippen LogP contribution in [-0.2, 0) is 10.0 Å². The van der Waals surface area contributed by atoms with Crippen LogP contribution in [0.15, 0.2) is 89.8 Å². The van der Waals surface area contributed by atoms with Crippen molar-refractivity contribution in [1.82, 2.24) is 4.98 Å². The summed E-state index contributed by atoms with van der Waals surface area (Å²) in [4.78, 5) is 18.7. The Hall–Kier alpha value is -3.72. The van der Waals surface area contributed by atoms with Crippen LogP contribution in [-0.4, -0.2) is 19.3 Å². The summed E-state index contributed by atoms with van der Waals surface area (Å²) in [5, 5.41) is 6.19. The minimum Gasteiger partial charge on any atom is -0.298 e. The van der Waals surface area contributed by atoms with E-state index in [9.17, 15) is 13.2 Å². The van der Waals surface area contributed by atoms with Crippen LogP contribution >= 0.6 is 22.9 Å². The van der Waals surface area contributed by atoms with E-state index in [-0.39, 0.29) is 10.8 Å². The number of hydrogen-bond acceptors (Lipinski definition) is 5. The van der Waals surface area contributed by atoms with E-state index < -0.39 is 10.0 Å². The molecule has 1 aliphatic carbocycles. The topological polar surface area (TPSA) is 88.2 Å². The monoisotopic (exact) mass is 517 g/mol. The van der Waals surface area contributed by atoms with Crippen molar-refractivity contribution in [3.8, 4) is 21.7 Å². The van der Waals surface area contributed by atoms with Crippen molar-refractivity contribution in [2.24, 2.45) is 0 Å². The highest BCUT2D eigenvalue weighted by atomic mass is 35.5. The van der Waals surface area contributed by atoms with Gasteiger partial charge in [-0.2, -0.15) is 0 Å². The van der Waals surface area contributed by atoms with E-state index in [2.05, 4.69) is 33.2 Å². The summed E-state index contributed by atoms with van der Waals surface area (Å²) in [5.41, 5.74) is 3.81. The molecule has 9 heteroatoms. The molecule has 5 aromatic rings. The number of benzene rings is 4. The molecular formula is C26H16ClN3O3S2. The van der Waals surface area contributed by atoms with E-state index >= 15 is 0 Å². The Morgan fingerprint density at radius 3 is 2.26 bits per heavy atom. The number of thiazole rings is 1. The van der Waals surface area contributed by atoms with Gasteiger partial charge >= 0.3 is 0 Å².